The van der Waals surface area contributed by atoms with Crippen LogP contribution in [0.1, 0.15) is 45.5 Å². The molecule has 1 saturated heterocycles. The van der Waals surface area contributed by atoms with Crippen molar-refractivity contribution in [2.45, 2.75) is 31.7 Å². The topological polar surface area (TPSA) is 79.2 Å². The Morgan fingerprint density at radius 1 is 1.06 bits per heavy atom. The summed E-state index contributed by atoms with van der Waals surface area (Å²) in [5.74, 6) is -0.395. The van der Waals surface area contributed by atoms with Gasteiger partial charge in [0.05, 0.1) is 27.5 Å². The number of carbonyl (C=O) groups is 1. The van der Waals surface area contributed by atoms with E-state index in [0.717, 1.165) is 41.9 Å². The SMILES string of the molecule is O=C(O)c1cnc(N2CCC[C@H]2c2nc3ccccc3s2)nc1CCc1ccccc1. The minimum Gasteiger partial charge on any atom is -0.478 e. The summed E-state index contributed by atoms with van der Waals surface area (Å²) in [5.41, 5.74) is 2.93. The zero-order valence-corrected chi connectivity index (χ0v) is 17.8. The van der Waals surface area contributed by atoms with Crippen molar-refractivity contribution in [1.82, 2.24) is 15.0 Å². The Kier molecular flexibility index (Phi) is 5.34. The highest BCUT2D eigenvalue weighted by Gasteiger charge is 2.31. The summed E-state index contributed by atoms with van der Waals surface area (Å²) in [6, 6.07) is 18.3. The third-order valence-electron chi connectivity index (χ3n) is 5.68. The monoisotopic (exact) mass is 430 g/mol. The molecule has 1 aliphatic heterocycles. The third-order valence-corrected chi connectivity index (χ3v) is 6.82. The van der Waals surface area contributed by atoms with Crippen LogP contribution >= 0.6 is 11.3 Å². The summed E-state index contributed by atoms with van der Waals surface area (Å²) in [4.78, 5) is 27.9. The molecular weight excluding hydrogens is 408 g/mol. The van der Waals surface area contributed by atoms with Crippen molar-refractivity contribution in [1.29, 1.82) is 0 Å². The standard InChI is InChI=1S/C24H22N4O2S/c29-23(30)17-15-25-24(27-18(17)13-12-16-7-2-1-3-8-16)28-14-6-10-20(28)22-26-19-9-4-5-11-21(19)31-22/h1-5,7-9,11,15,20H,6,10,12-14H2,(H,29,30)/t20-/m0/s1. The van der Waals surface area contributed by atoms with Crippen molar-refractivity contribution in [3.63, 3.8) is 0 Å². The molecule has 0 unspecified atom stereocenters. The van der Waals surface area contributed by atoms with Crippen LogP contribution in [0.25, 0.3) is 10.2 Å². The molecule has 0 bridgehead atoms. The first-order valence-corrected chi connectivity index (χ1v) is 11.3. The number of nitrogens with zero attached hydrogens (tertiary/aromatic N) is 4. The van der Waals surface area contributed by atoms with Gasteiger partial charge in [-0.1, -0.05) is 42.5 Å². The van der Waals surface area contributed by atoms with Crippen molar-refractivity contribution >= 4 is 33.5 Å². The summed E-state index contributed by atoms with van der Waals surface area (Å²) in [6.07, 6.45) is 4.77. The van der Waals surface area contributed by atoms with Gasteiger partial charge in [-0.15, -0.1) is 11.3 Å². The summed E-state index contributed by atoms with van der Waals surface area (Å²) >= 11 is 1.71. The number of benzene rings is 2. The van der Waals surface area contributed by atoms with E-state index in [4.69, 9.17) is 9.97 Å². The van der Waals surface area contributed by atoms with E-state index in [1.54, 1.807) is 11.3 Å². The fourth-order valence-electron chi connectivity index (χ4n) is 4.12. The van der Waals surface area contributed by atoms with Crippen LogP contribution in [0.15, 0.2) is 60.8 Å². The van der Waals surface area contributed by atoms with E-state index in [1.807, 2.05) is 48.5 Å². The third kappa shape index (κ3) is 4.01. The van der Waals surface area contributed by atoms with Crippen molar-refractivity contribution < 1.29 is 9.90 Å². The molecular formula is C24H22N4O2S. The Hall–Kier alpha value is -3.32. The lowest BCUT2D eigenvalue weighted by Gasteiger charge is -2.23. The molecule has 0 amide bonds. The molecule has 156 valence electrons. The molecule has 2 aromatic carbocycles. The maximum atomic E-state index is 11.7. The van der Waals surface area contributed by atoms with E-state index in [-0.39, 0.29) is 11.6 Å². The lowest BCUT2D eigenvalue weighted by Crippen LogP contribution is -2.25. The molecule has 1 aliphatic rings. The van der Waals surface area contributed by atoms with Gasteiger partial charge >= 0.3 is 5.97 Å². The molecule has 0 spiro atoms. The number of hydrogen-bond donors (Lipinski definition) is 1. The number of rotatable bonds is 6. The molecule has 31 heavy (non-hydrogen) atoms. The molecule has 0 saturated carbocycles. The highest BCUT2D eigenvalue weighted by Crippen LogP contribution is 2.38. The number of thiazole rings is 1. The minimum atomic E-state index is -0.987. The van der Waals surface area contributed by atoms with Gasteiger partial charge in [-0.2, -0.15) is 0 Å². The molecule has 1 fully saturated rings. The molecule has 4 aromatic rings. The molecule has 2 aromatic heterocycles. The molecule has 3 heterocycles. The van der Waals surface area contributed by atoms with E-state index < -0.39 is 5.97 Å². The number of fused-ring (bicyclic) bond motifs is 1. The van der Waals surface area contributed by atoms with E-state index in [1.165, 1.54) is 10.9 Å². The lowest BCUT2D eigenvalue weighted by molar-refractivity contribution is 0.0694. The molecule has 0 radical (unpaired) electrons. The van der Waals surface area contributed by atoms with Crippen LogP contribution in [0.4, 0.5) is 5.95 Å². The van der Waals surface area contributed by atoms with E-state index >= 15 is 0 Å². The van der Waals surface area contributed by atoms with Crippen LogP contribution in [-0.2, 0) is 12.8 Å². The van der Waals surface area contributed by atoms with Gasteiger partial charge in [-0.05, 0) is 43.4 Å². The second-order valence-corrected chi connectivity index (χ2v) is 8.75. The molecule has 1 atom stereocenters. The average molecular weight is 431 g/mol. The van der Waals surface area contributed by atoms with Crippen LogP contribution in [0.3, 0.4) is 0 Å². The van der Waals surface area contributed by atoms with Gasteiger partial charge in [0.15, 0.2) is 0 Å². The Bertz CT molecular complexity index is 1190. The summed E-state index contributed by atoms with van der Waals surface area (Å²) in [6.45, 7) is 0.838. The second kappa shape index (κ2) is 8.43. The van der Waals surface area contributed by atoms with Gasteiger partial charge in [0.25, 0.3) is 0 Å². The molecule has 6 nitrogen and oxygen atoms in total. The average Bonchev–Trinajstić information content (AvgIpc) is 3.45. The van der Waals surface area contributed by atoms with Crippen LogP contribution in [-0.4, -0.2) is 32.6 Å². The largest absolute Gasteiger partial charge is 0.478 e. The normalized spacial score (nSPS) is 16.1. The van der Waals surface area contributed by atoms with Crippen molar-refractivity contribution in [3.05, 3.63) is 82.6 Å². The molecule has 1 N–H and O–H groups in total. The summed E-state index contributed by atoms with van der Waals surface area (Å²) in [5, 5.41) is 10.7. The van der Waals surface area contributed by atoms with Crippen molar-refractivity contribution in [2.24, 2.45) is 0 Å². The fraction of sp³-hybridized carbons (Fsp3) is 0.250. The number of carboxylic acid groups (broad SMARTS) is 1. The second-order valence-electron chi connectivity index (χ2n) is 7.69. The first kappa shape index (κ1) is 19.6. The smallest absolute Gasteiger partial charge is 0.339 e. The quantitative estimate of drug-likeness (QED) is 0.468. The Morgan fingerprint density at radius 3 is 2.68 bits per heavy atom. The highest BCUT2D eigenvalue weighted by atomic mass is 32.1. The minimum absolute atomic E-state index is 0.120. The number of anilines is 1. The van der Waals surface area contributed by atoms with Crippen LogP contribution < -0.4 is 4.90 Å². The first-order valence-electron chi connectivity index (χ1n) is 10.4. The molecule has 5 rings (SSSR count). The van der Waals surface area contributed by atoms with Crippen LogP contribution in [0.2, 0.25) is 0 Å². The Morgan fingerprint density at radius 2 is 1.87 bits per heavy atom. The van der Waals surface area contributed by atoms with Gasteiger partial charge in [0.1, 0.15) is 5.01 Å². The predicted molar refractivity (Wildman–Crippen MR) is 122 cm³/mol. The van der Waals surface area contributed by atoms with Crippen LogP contribution in [0, 0.1) is 0 Å². The number of carboxylic acids is 1. The number of aromatic nitrogens is 3. The lowest BCUT2D eigenvalue weighted by atomic mass is 10.1. The van der Waals surface area contributed by atoms with E-state index in [0.29, 0.717) is 18.1 Å². The highest BCUT2D eigenvalue weighted by molar-refractivity contribution is 7.18. The maximum Gasteiger partial charge on any atom is 0.339 e. The van der Waals surface area contributed by atoms with Gasteiger partial charge in [-0.25, -0.2) is 19.7 Å². The van der Waals surface area contributed by atoms with E-state index in [2.05, 4.69) is 16.0 Å². The fourth-order valence-corrected chi connectivity index (χ4v) is 5.23. The first-order chi connectivity index (χ1) is 15.2. The predicted octanol–water partition coefficient (Wildman–Crippen LogP) is 4.91. The van der Waals surface area contributed by atoms with Gasteiger partial charge in [-0.3, -0.25) is 0 Å². The summed E-state index contributed by atoms with van der Waals surface area (Å²) in [7, 11) is 0. The Balaban J connectivity index is 1.45. The molecule has 7 heteroatoms. The van der Waals surface area contributed by atoms with Gasteiger partial charge < -0.3 is 10.0 Å². The Labute approximate surface area is 184 Å². The van der Waals surface area contributed by atoms with Crippen molar-refractivity contribution in [3.8, 4) is 0 Å². The number of para-hydroxylation sites is 1. The molecule has 0 aliphatic carbocycles. The maximum absolute atomic E-state index is 11.7. The number of aromatic carboxylic acids is 1. The van der Waals surface area contributed by atoms with Gasteiger partial charge in [0, 0.05) is 12.7 Å². The number of hydrogen-bond acceptors (Lipinski definition) is 6. The van der Waals surface area contributed by atoms with Crippen molar-refractivity contribution in [2.75, 3.05) is 11.4 Å². The van der Waals surface area contributed by atoms with Gasteiger partial charge in [0.2, 0.25) is 5.95 Å². The number of aryl methyl sites for hydroxylation is 2. The zero-order valence-electron chi connectivity index (χ0n) is 16.9. The zero-order chi connectivity index (χ0) is 21.2. The summed E-state index contributed by atoms with van der Waals surface area (Å²) < 4.78 is 1.18. The van der Waals surface area contributed by atoms with Crippen LogP contribution in [0.5, 0.6) is 0 Å². The van der Waals surface area contributed by atoms with E-state index in [9.17, 15) is 9.90 Å².